The minimum absolute atomic E-state index is 0.201. The molecule has 1 aromatic carbocycles. The van der Waals surface area contributed by atoms with E-state index in [1.807, 2.05) is 0 Å². The zero-order valence-electron chi connectivity index (χ0n) is 13.8. The van der Waals surface area contributed by atoms with Gasteiger partial charge in [-0.2, -0.15) is 0 Å². The molecule has 1 aliphatic rings. The molecule has 0 atom stereocenters. The second kappa shape index (κ2) is 7.88. The van der Waals surface area contributed by atoms with E-state index in [1.165, 1.54) is 30.6 Å². The van der Waals surface area contributed by atoms with Crippen LogP contribution in [0.1, 0.15) is 52.0 Å². The first-order valence-corrected chi connectivity index (χ1v) is 8.40. The Hall–Kier alpha value is -2.76. The highest BCUT2D eigenvalue weighted by molar-refractivity contribution is 5.99. The fraction of sp³-hybridized carbons (Fsp3) is 0.316. The van der Waals surface area contributed by atoms with E-state index in [2.05, 4.69) is 15.6 Å². The molecule has 0 unspecified atom stereocenters. The molecule has 2 N–H and O–H groups in total. The van der Waals surface area contributed by atoms with E-state index in [-0.39, 0.29) is 30.2 Å². The van der Waals surface area contributed by atoms with Crippen LogP contribution in [0.2, 0.25) is 0 Å². The van der Waals surface area contributed by atoms with Gasteiger partial charge in [0.05, 0.1) is 11.1 Å². The highest BCUT2D eigenvalue weighted by atomic mass is 19.1. The molecule has 130 valence electrons. The molecule has 0 saturated heterocycles. The van der Waals surface area contributed by atoms with Gasteiger partial charge in [0.15, 0.2) is 0 Å². The lowest BCUT2D eigenvalue weighted by Gasteiger charge is -2.12. The summed E-state index contributed by atoms with van der Waals surface area (Å²) in [6, 6.07) is 7.66. The van der Waals surface area contributed by atoms with Crippen molar-refractivity contribution in [3.8, 4) is 0 Å². The van der Waals surface area contributed by atoms with Gasteiger partial charge in [-0.3, -0.25) is 14.6 Å². The number of hydrogen-bond donors (Lipinski definition) is 2. The highest BCUT2D eigenvalue weighted by Crippen LogP contribution is 2.18. The molecule has 0 aliphatic heterocycles. The summed E-state index contributed by atoms with van der Waals surface area (Å²) >= 11 is 0. The Morgan fingerprint density at radius 2 is 1.68 bits per heavy atom. The molecule has 1 saturated carbocycles. The smallest absolute Gasteiger partial charge is 0.253 e. The molecule has 0 bridgehead atoms. The van der Waals surface area contributed by atoms with Gasteiger partial charge in [-0.1, -0.05) is 25.0 Å². The van der Waals surface area contributed by atoms with Gasteiger partial charge in [-0.05, 0) is 36.6 Å². The molecule has 5 nitrogen and oxygen atoms in total. The maximum absolute atomic E-state index is 12.9. The zero-order valence-corrected chi connectivity index (χ0v) is 13.8. The number of carbonyl (C=O) groups is 2. The number of aromatic nitrogens is 1. The van der Waals surface area contributed by atoms with Crippen molar-refractivity contribution in [1.29, 1.82) is 0 Å². The third kappa shape index (κ3) is 4.62. The van der Waals surface area contributed by atoms with Gasteiger partial charge in [0, 0.05) is 25.0 Å². The van der Waals surface area contributed by atoms with Crippen LogP contribution in [-0.4, -0.2) is 22.8 Å². The number of halogens is 1. The van der Waals surface area contributed by atoms with Crippen LogP contribution in [0.4, 0.5) is 4.39 Å². The normalized spacial score (nSPS) is 14.3. The molecule has 1 heterocycles. The molecule has 1 aliphatic carbocycles. The zero-order chi connectivity index (χ0) is 17.6. The quantitative estimate of drug-likeness (QED) is 0.878. The molecule has 0 spiro atoms. The van der Waals surface area contributed by atoms with Crippen LogP contribution in [0, 0.1) is 5.82 Å². The van der Waals surface area contributed by atoms with E-state index in [0.29, 0.717) is 11.1 Å². The van der Waals surface area contributed by atoms with Crippen molar-refractivity contribution in [2.75, 3.05) is 0 Å². The van der Waals surface area contributed by atoms with Gasteiger partial charge in [-0.25, -0.2) is 4.39 Å². The first-order valence-electron chi connectivity index (χ1n) is 8.40. The van der Waals surface area contributed by atoms with Crippen molar-refractivity contribution in [3.63, 3.8) is 0 Å². The molecule has 2 aromatic rings. The second-order valence-corrected chi connectivity index (χ2v) is 6.23. The average Bonchev–Trinajstić information content (AvgIpc) is 3.14. The van der Waals surface area contributed by atoms with Crippen molar-refractivity contribution in [3.05, 3.63) is 65.2 Å². The lowest BCUT2D eigenvalue weighted by molar-refractivity contribution is 0.0937. The number of nitrogens with zero attached hydrogens (tertiary/aromatic N) is 1. The SMILES string of the molecule is O=C(NCc1ccc(F)cc1)c1cncc(C(=O)NC2CCCC2)c1. The molecule has 6 heteroatoms. The van der Waals surface area contributed by atoms with E-state index < -0.39 is 0 Å². The summed E-state index contributed by atoms with van der Waals surface area (Å²) in [6.07, 6.45) is 7.14. The van der Waals surface area contributed by atoms with Crippen molar-refractivity contribution in [2.45, 2.75) is 38.3 Å². The average molecular weight is 341 g/mol. The Balaban J connectivity index is 1.60. The number of hydrogen-bond acceptors (Lipinski definition) is 3. The number of benzene rings is 1. The van der Waals surface area contributed by atoms with Crippen LogP contribution >= 0.6 is 0 Å². The Kier molecular flexibility index (Phi) is 5.38. The van der Waals surface area contributed by atoms with Gasteiger partial charge in [0.25, 0.3) is 11.8 Å². The monoisotopic (exact) mass is 341 g/mol. The van der Waals surface area contributed by atoms with Crippen molar-refractivity contribution in [1.82, 2.24) is 15.6 Å². The summed E-state index contributed by atoms with van der Waals surface area (Å²) in [6.45, 7) is 0.275. The predicted molar refractivity (Wildman–Crippen MR) is 91.5 cm³/mol. The van der Waals surface area contributed by atoms with Gasteiger partial charge < -0.3 is 10.6 Å². The number of nitrogens with one attached hydrogen (secondary N) is 2. The van der Waals surface area contributed by atoms with Crippen LogP contribution in [0.3, 0.4) is 0 Å². The Morgan fingerprint density at radius 3 is 2.36 bits per heavy atom. The molecule has 1 fully saturated rings. The summed E-state index contributed by atoms with van der Waals surface area (Å²) in [5.74, 6) is -0.847. The molecule has 2 amide bonds. The molecule has 25 heavy (non-hydrogen) atoms. The van der Waals surface area contributed by atoms with Crippen LogP contribution in [0.5, 0.6) is 0 Å². The fourth-order valence-electron chi connectivity index (χ4n) is 2.91. The minimum Gasteiger partial charge on any atom is -0.349 e. The van der Waals surface area contributed by atoms with E-state index in [4.69, 9.17) is 0 Å². The van der Waals surface area contributed by atoms with E-state index >= 15 is 0 Å². The predicted octanol–water partition coefficient (Wildman–Crippen LogP) is 2.82. The van der Waals surface area contributed by atoms with Crippen LogP contribution in [0.25, 0.3) is 0 Å². The first-order chi connectivity index (χ1) is 12.1. The van der Waals surface area contributed by atoms with E-state index in [1.54, 1.807) is 12.1 Å². The lowest BCUT2D eigenvalue weighted by atomic mass is 10.1. The maximum Gasteiger partial charge on any atom is 0.253 e. The molecular formula is C19H20FN3O2. The van der Waals surface area contributed by atoms with Crippen LogP contribution in [-0.2, 0) is 6.54 Å². The number of carbonyl (C=O) groups excluding carboxylic acids is 2. The number of pyridine rings is 1. The van der Waals surface area contributed by atoms with E-state index in [0.717, 1.165) is 31.2 Å². The van der Waals surface area contributed by atoms with Crippen LogP contribution in [0.15, 0.2) is 42.7 Å². The summed E-state index contributed by atoms with van der Waals surface area (Å²) in [5, 5.41) is 5.72. The Labute approximate surface area is 145 Å². The fourth-order valence-corrected chi connectivity index (χ4v) is 2.91. The van der Waals surface area contributed by atoms with Crippen LogP contribution < -0.4 is 10.6 Å². The van der Waals surface area contributed by atoms with E-state index in [9.17, 15) is 14.0 Å². The molecule has 0 radical (unpaired) electrons. The standard InChI is InChI=1S/C19H20FN3O2/c20-16-7-5-13(6-8-16)10-22-18(24)14-9-15(12-21-11-14)19(25)23-17-3-1-2-4-17/h5-9,11-12,17H,1-4,10H2,(H,22,24)(H,23,25). The molecule has 3 rings (SSSR count). The number of rotatable bonds is 5. The van der Waals surface area contributed by atoms with Crippen molar-refractivity contribution >= 4 is 11.8 Å². The second-order valence-electron chi connectivity index (χ2n) is 6.23. The highest BCUT2D eigenvalue weighted by Gasteiger charge is 2.19. The summed E-state index contributed by atoms with van der Waals surface area (Å²) < 4.78 is 12.9. The first kappa shape index (κ1) is 17.1. The summed E-state index contributed by atoms with van der Waals surface area (Å²) in [5.41, 5.74) is 1.49. The lowest BCUT2D eigenvalue weighted by Crippen LogP contribution is -2.33. The largest absolute Gasteiger partial charge is 0.349 e. The third-order valence-electron chi connectivity index (χ3n) is 4.32. The maximum atomic E-state index is 12.9. The van der Waals surface area contributed by atoms with Gasteiger partial charge in [0.2, 0.25) is 0 Å². The summed E-state index contributed by atoms with van der Waals surface area (Å²) in [4.78, 5) is 28.5. The van der Waals surface area contributed by atoms with Crippen molar-refractivity contribution < 1.29 is 14.0 Å². The Morgan fingerprint density at radius 1 is 1.04 bits per heavy atom. The van der Waals surface area contributed by atoms with Gasteiger partial charge in [-0.15, -0.1) is 0 Å². The number of amides is 2. The van der Waals surface area contributed by atoms with Gasteiger partial charge >= 0.3 is 0 Å². The third-order valence-corrected chi connectivity index (χ3v) is 4.32. The van der Waals surface area contributed by atoms with Gasteiger partial charge in [0.1, 0.15) is 5.82 Å². The summed E-state index contributed by atoms with van der Waals surface area (Å²) in [7, 11) is 0. The topological polar surface area (TPSA) is 71.1 Å². The Bertz CT molecular complexity index is 756. The minimum atomic E-state index is -0.327. The van der Waals surface area contributed by atoms with Crippen molar-refractivity contribution in [2.24, 2.45) is 0 Å². The molecule has 1 aromatic heterocycles. The molecular weight excluding hydrogens is 321 g/mol.